The van der Waals surface area contributed by atoms with E-state index < -0.39 is 18.1 Å². The summed E-state index contributed by atoms with van der Waals surface area (Å²) >= 11 is 0. The van der Waals surface area contributed by atoms with E-state index in [1.165, 1.54) is 43.0 Å². The monoisotopic (exact) mass is 438 g/mol. The summed E-state index contributed by atoms with van der Waals surface area (Å²) in [6.45, 7) is 8.57. The highest BCUT2D eigenvalue weighted by Gasteiger charge is 2.26. The lowest BCUT2D eigenvalue weighted by atomic mass is 10.2. The fourth-order valence-corrected chi connectivity index (χ4v) is 10.3. The van der Waals surface area contributed by atoms with Gasteiger partial charge in [-0.1, -0.05) is 119 Å². The lowest BCUT2D eigenvalue weighted by Gasteiger charge is -2.25. The summed E-state index contributed by atoms with van der Waals surface area (Å²) in [6, 6.07) is 35.8. The van der Waals surface area contributed by atoms with Crippen LogP contribution in [0.25, 0.3) is 0 Å². The number of hydrogen-bond acceptors (Lipinski definition) is 1. The molecule has 0 aliphatic rings. The summed E-state index contributed by atoms with van der Waals surface area (Å²) in [4.78, 5) is 0. The Morgan fingerprint density at radius 1 is 0.355 bits per heavy atom. The minimum Gasteiger partial charge on any atom is -0.446 e. The molecule has 0 bridgehead atoms. The minimum atomic E-state index is -1.85. The predicted molar refractivity (Wildman–Crippen MR) is 139 cm³/mol. The van der Waals surface area contributed by atoms with Crippen LogP contribution < -0.4 is 20.7 Å². The van der Waals surface area contributed by atoms with E-state index in [-0.39, 0.29) is 0 Å². The second-order valence-electron chi connectivity index (χ2n) is 8.54. The van der Waals surface area contributed by atoms with Crippen molar-refractivity contribution in [3.8, 4) is 0 Å². The number of hydrogen-bond donors (Lipinski definition) is 0. The smallest absolute Gasteiger partial charge is 0.228 e. The van der Waals surface area contributed by atoms with Gasteiger partial charge in [-0.05, 0) is 48.4 Å². The van der Waals surface area contributed by atoms with Gasteiger partial charge in [0, 0.05) is 0 Å². The minimum absolute atomic E-state index is 1.28. The van der Waals surface area contributed by atoms with Crippen molar-refractivity contribution >= 4 is 38.8 Å². The van der Waals surface area contributed by atoms with Crippen molar-refractivity contribution in [2.75, 3.05) is 0 Å². The van der Waals surface area contributed by atoms with Gasteiger partial charge in [-0.2, -0.15) is 0 Å². The van der Waals surface area contributed by atoms with Gasteiger partial charge in [0.05, 0.1) is 0 Å². The highest BCUT2D eigenvalue weighted by molar-refractivity contribution is 6.91. The zero-order valence-corrected chi connectivity index (χ0v) is 21.1. The molecular weight excluding hydrogens is 408 g/mol. The number of benzene rings is 4. The molecule has 0 spiro atoms. The fraction of sp³-hybridized carbons (Fsp3) is 0.143. The van der Waals surface area contributed by atoms with E-state index in [1.807, 2.05) is 0 Å². The first-order valence-electron chi connectivity index (χ1n) is 10.9. The molecule has 0 aromatic heterocycles. The Labute approximate surface area is 189 Å². The molecule has 156 valence electrons. The first-order chi connectivity index (χ1) is 15.0. The lowest BCUT2D eigenvalue weighted by molar-refractivity contribution is 0.633. The summed E-state index contributed by atoms with van der Waals surface area (Å²) < 4.78 is 7.23. The molecule has 0 amide bonds. The molecule has 0 atom stereocenters. The van der Waals surface area contributed by atoms with Crippen molar-refractivity contribution in [2.45, 2.75) is 27.7 Å². The Kier molecular flexibility index (Phi) is 6.66. The summed E-state index contributed by atoms with van der Waals surface area (Å²) in [5, 5.41) is 5.36. The molecule has 0 unspecified atom stereocenters. The number of rotatable bonds is 6. The Morgan fingerprint density at radius 3 is 0.742 bits per heavy atom. The van der Waals surface area contributed by atoms with E-state index in [2.05, 4.69) is 125 Å². The molecule has 0 N–H and O–H groups in total. The highest BCUT2D eigenvalue weighted by atomic mass is 28.4. The van der Waals surface area contributed by atoms with Gasteiger partial charge in [0.2, 0.25) is 18.1 Å². The van der Waals surface area contributed by atoms with E-state index in [9.17, 15) is 0 Å². The van der Waals surface area contributed by atoms with Gasteiger partial charge in [0.15, 0.2) is 0 Å². The highest BCUT2D eigenvalue weighted by Crippen LogP contribution is 2.05. The molecule has 0 aliphatic carbocycles. The molecule has 0 aliphatic heterocycles. The number of aryl methyl sites for hydroxylation is 4. The second-order valence-corrected chi connectivity index (χ2v) is 13.8. The van der Waals surface area contributed by atoms with Crippen molar-refractivity contribution in [2.24, 2.45) is 0 Å². The molecule has 1 nitrogen and oxygen atoms in total. The molecule has 0 radical (unpaired) electrons. The van der Waals surface area contributed by atoms with Crippen LogP contribution in [0.1, 0.15) is 22.3 Å². The summed E-state index contributed by atoms with van der Waals surface area (Å²) in [5.74, 6) is 0. The second kappa shape index (κ2) is 9.60. The maximum atomic E-state index is 7.23. The zero-order chi connectivity index (χ0) is 21.8. The van der Waals surface area contributed by atoms with Crippen molar-refractivity contribution in [3.63, 3.8) is 0 Å². The largest absolute Gasteiger partial charge is 0.446 e. The van der Waals surface area contributed by atoms with Crippen LogP contribution in [-0.2, 0) is 4.12 Å². The molecule has 0 heterocycles. The third-order valence-corrected chi connectivity index (χ3v) is 11.9. The lowest BCUT2D eigenvalue weighted by Crippen LogP contribution is -2.56. The average molecular weight is 439 g/mol. The maximum Gasteiger partial charge on any atom is 0.228 e. The molecule has 0 fully saturated rings. The van der Waals surface area contributed by atoms with Crippen LogP contribution in [0.4, 0.5) is 0 Å². The van der Waals surface area contributed by atoms with E-state index in [0.29, 0.717) is 0 Å². The summed E-state index contributed by atoms with van der Waals surface area (Å²) in [7, 11) is -3.70. The van der Waals surface area contributed by atoms with Crippen LogP contribution >= 0.6 is 0 Å². The third-order valence-electron chi connectivity index (χ3n) is 5.79. The molecule has 4 aromatic rings. The van der Waals surface area contributed by atoms with Gasteiger partial charge in [-0.3, -0.25) is 0 Å². The summed E-state index contributed by atoms with van der Waals surface area (Å²) in [6.07, 6.45) is 0. The van der Waals surface area contributed by atoms with E-state index in [1.54, 1.807) is 0 Å². The van der Waals surface area contributed by atoms with Crippen LogP contribution in [0, 0.1) is 27.7 Å². The van der Waals surface area contributed by atoms with Crippen LogP contribution in [0.15, 0.2) is 97.1 Å². The van der Waals surface area contributed by atoms with Gasteiger partial charge in [-0.15, -0.1) is 0 Å². The Hall–Kier alpha value is -2.73. The van der Waals surface area contributed by atoms with Crippen LogP contribution in [-0.4, -0.2) is 18.1 Å². The SMILES string of the molecule is Cc1ccc([SiH](O[SiH](c2ccc(C)cc2)c2ccc(C)cc2)c2ccc(C)cc2)cc1. The van der Waals surface area contributed by atoms with E-state index >= 15 is 0 Å². The van der Waals surface area contributed by atoms with Gasteiger partial charge < -0.3 is 4.12 Å². The van der Waals surface area contributed by atoms with Crippen molar-refractivity contribution in [1.82, 2.24) is 0 Å². The standard InChI is InChI=1S/C28H30OSi2/c1-21-5-13-25(14-6-21)30(26-15-7-22(2)8-16-26)29-31(27-17-9-23(3)10-18-27)28-19-11-24(4)12-20-28/h5-20,30-31H,1-4H3. The Morgan fingerprint density at radius 2 is 0.548 bits per heavy atom. The third kappa shape index (κ3) is 5.31. The van der Waals surface area contributed by atoms with Crippen molar-refractivity contribution in [1.29, 1.82) is 0 Å². The van der Waals surface area contributed by atoms with Gasteiger partial charge >= 0.3 is 0 Å². The first kappa shape index (κ1) is 21.5. The summed E-state index contributed by atoms with van der Waals surface area (Å²) in [5.41, 5.74) is 5.13. The van der Waals surface area contributed by atoms with Gasteiger partial charge in [0.25, 0.3) is 0 Å². The normalized spacial score (nSPS) is 11.3. The van der Waals surface area contributed by atoms with Crippen molar-refractivity contribution < 1.29 is 4.12 Å². The van der Waals surface area contributed by atoms with Crippen LogP contribution in [0.2, 0.25) is 0 Å². The predicted octanol–water partition coefficient (Wildman–Crippen LogP) is 3.31. The van der Waals surface area contributed by atoms with Crippen LogP contribution in [0.5, 0.6) is 0 Å². The zero-order valence-electron chi connectivity index (χ0n) is 18.8. The molecular formula is C28H30OSi2. The Bertz CT molecular complexity index is 932. The van der Waals surface area contributed by atoms with E-state index in [4.69, 9.17) is 4.12 Å². The van der Waals surface area contributed by atoms with E-state index in [0.717, 1.165) is 0 Å². The average Bonchev–Trinajstić information content (AvgIpc) is 2.78. The molecule has 31 heavy (non-hydrogen) atoms. The maximum absolute atomic E-state index is 7.23. The first-order valence-corrected chi connectivity index (χ1v) is 14.2. The Balaban J connectivity index is 1.79. The van der Waals surface area contributed by atoms with Crippen molar-refractivity contribution in [3.05, 3.63) is 119 Å². The fourth-order valence-electron chi connectivity index (χ4n) is 3.80. The van der Waals surface area contributed by atoms with Crippen LogP contribution in [0.3, 0.4) is 0 Å². The molecule has 0 saturated carbocycles. The topological polar surface area (TPSA) is 9.23 Å². The van der Waals surface area contributed by atoms with Gasteiger partial charge in [0.1, 0.15) is 0 Å². The molecule has 4 rings (SSSR count). The molecule has 4 aromatic carbocycles. The molecule has 3 heteroatoms. The quantitative estimate of drug-likeness (QED) is 0.420. The van der Waals surface area contributed by atoms with Gasteiger partial charge in [-0.25, -0.2) is 0 Å². The molecule has 0 saturated heterocycles.